The van der Waals surface area contributed by atoms with Gasteiger partial charge in [0.2, 0.25) is 5.91 Å². The normalized spacial score (nSPS) is 14.4. The highest BCUT2D eigenvalue weighted by Gasteiger charge is 2.28. The van der Waals surface area contributed by atoms with E-state index in [0.717, 1.165) is 28.5 Å². The van der Waals surface area contributed by atoms with Crippen molar-refractivity contribution < 1.29 is 22.7 Å². The van der Waals surface area contributed by atoms with Gasteiger partial charge in [0, 0.05) is 36.1 Å². The summed E-state index contributed by atoms with van der Waals surface area (Å²) in [6.07, 6.45) is 4.19. The van der Waals surface area contributed by atoms with Crippen molar-refractivity contribution in [3.8, 4) is 5.75 Å². The molecular weight excluding hydrogens is 512 g/mol. The van der Waals surface area contributed by atoms with Gasteiger partial charge in [-0.15, -0.1) is 0 Å². The molecule has 0 bridgehead atoms. The van der Waals surface area contributed by atoms with Crippen molar-refractivity contribution in [1.82, 2.24) is 10.6 Å². The van der Waals surface area contributed by atoms with Crippen molar-refractivity contribution in [2.75, 3.05) is 13.4 Å². The second-order valence-electron chi connectivity index (χ2n) is 10.9. The van der Waals surface area contributed by atoms with Crippen LogP contribution in [-0.4, -0.2) is 51.6 Å². The Balaban J connectivity index is 2.28. The fourth-order valence-electron chi connectivity index (χ4n) is 4.44. The molecule has 1 amide bonds. The van der Waals surface area contributed by atoms with E-state index in [0.29, 0.717) is 19.3 Å². The van der Waals surface area contributed by atoms with Crippen LogP contribution in [0, 0.1) is 11.8 Å². The molecule has 0 spiro atoms. The fourth-order valence-corrected chi connectivity index (χ4v) is 4.91. The Bertz CT molecular complexity index is 1180. The van der Waals surface area contributed by atoms with Gasteiger partial charge in [0.1, 0.15) is 5.75 Å². The minimum absolute atomic E-state index is 0.0392. The number of hydrogen-bond acceptors (Lipinski definition) is 6. The summed E-state index contributed by atoms with van der Waals surface area (Å²) in [4.78, 5) is 27.3. The van der Waals surface area contributed by atoms with Crippen LogP contribution >= 0.6 is 0 Å². The largest absolute Gasteiger partial charge is 0.497 e. The monoisotopic (exact) mass is 556 g/mol. The number of methoxy groups -OCH3 is 1. The molecule has 214 valence electrons. The highest BCUT2D eigenvalue weighted by atomic mass is 32.2. The average molecular weight is 557 g/mol. The number of carbonyl (C=O) groups excluding carboxylic acids is 2. The number of rotatable bonds is 16. The van der Waals surface area contributed by atoms with Crippen LogP contribution in [0.15, 0.2) is 66.1 Å². The van der Waals surface area contributed by atoms with Crippen molar-refractivity contribution in [1.29, 1.82) is 0 Å². The summed E-state index contributed by atoms with van der Waals surface area (Å²) in [5.74, 6) is 0.0803. The summed E-state index contributed by atoms with van der Waals surface area (Å²) in [6.45, 7) is 8.01. The van der Waals surface area contributed by atoms with Gasteiger partial charge >= 0.3 is 0 Å². The molecule has 0 aliphatic carbocycles. The molecule has 0 radical (unpaired) electrons. The SMILES string of the molecule is COc1ccc(C[C@H](NC(C)C)C(=O)C[C@@H](Cc2ccccc2)C(=O)N[C@H](/C=C/S(C)(=O)=O)CC(C)C)cc1. The summed E-state index contributed by atoms with van der Waals surface area (Å²) in [5, 5.41) is 7.52. The lowest BCUT2D eigenvalue weighted by atomic mass is 9.89. The van der Waals surface area contributed by atoms with Crippen LogP contribution in [-0.2, 0) is 32.3 Å². The molecule has 0 aromatic heterocycles. The second kappa shape index (κ2) is 15.6. The molecule has 0 saturated heterocycles. The quantitative estimate of drug-likeness (QED) is 0.316. The van der Waals surface area contributed by atoms with Gasteiger partial charge in [0.25, 0.3) is 0 Å². The Morgan fingerprint density at radius 2 is 1.54 bits per heavy atom. The minimum Gasteiger partial charge on any atom is -0.497 e. The van der Waals surface area contributed by atoms with Gasteiger partial charge in [0.15, 0.2) is 15.6 Å². The van der Waals surface area contributed by atoms with Gasteiger partial charge in [-0.1, -0.05) is 76.2 Å². The zero-order valence-corrected chi connectivity index (χ0v) is 24.8. The Kier molecular flexibility index (Phi) is 12.9. The van der Waals surface area contributed by atoms with Crippen molar-refractivity contribution in [3.63, 3.8) is 0 Å². The number of sulfone groups is 1. The smallest absolute Gasteiger partial charge is 0.224 e. The Morgan fingerprint density at radius 1 is 0.923 bits per heavy atom. The lowest BCUT2D eigenvalue weighted by molar-refractivity contribution is -0.130. The van der Waals surface area contributed by atoms with Crippen molar-refractivity contribution in [2.24, 2.45) is 11.8 Å². The van der Waals surface area contributed by atoms with E-state index in [4.69, 9.17) is 4.74 Å². The van der Waals surface area contributed by atoms with Crippen LogP contribution < -0.4 is 15.4 Å². The molecule has 7 nitrogen and oxygen atoms in total. The van der Waals surface area contributed by atoms with Gasteiger partial charge in [-0.2, -0.15) is 0 Å². The lowest BCUT2D eigenvalue weighted by Gasteiger charge is -2.25. The fraction of sp³-hybridized carbons (Fsp3) is 0.484. The van der Waals surface area contributed by atoms with E-state index >= 15 is 0 Å². The molecule has 2 aromatic carbocycles. The molecule has 3 atom stereocenters. The standard InChI is InChI=1S/C31H44N2O5S/c1-22(2)18-27(16-17-39(6,36)37)33-31(35)26(19-24-10-8-7-9-11-24)21-30(34)29(32-23(3)4)20-25-12-14-28(38-5)15-13-25/h7-17,22-23,26-27,29,32H,18-21H2,1-6H3,(H,33,35)/b17-16+/t26-,27-,29+/m1/s1. The maximum absolute atomic E-state index is 13.7. The van der Waals surface area contributed by atoms with Gasteiger partial charge in [-0.3, -0.25) is 9.59 Å². The summed E-state index contributed by atoms with van der Waals surface area (Å²) in [6, 6.07) is 16.4. The molecule has 2 aromatic rings. The zero-order chi connectivity index (χ0) is 29.0. The molecule has 0 aliphatic heterocycles. The summed E-state index contributed by atoms with van der Waals surface area (Å²) < 4.78 is 28.7. The summed E-state index contributed by atoms with van der Waals surface area (Å²) >= 11 is 0. The average Bonchev–Trinajstić information content (AvgIpc) is 2.86. The van der Waals surface area contributed by atoms with Gasteiger partial charge in [-0.05, 0) is 48.4 Å². The molecule has 39 heavy (non-hydrogen) atoms. The first-order valence-electron chi connectivity index (χ1n) is 13.5. The predicted octanol–water partition coefficient (Wildman–Crippen LogP) is 4.51. The molecule has 8 heteroatoms. The van der Waals surface area contributed by atoms with E-state index in [1.54, 1.807) is 7.11 Å². The number of carbonyl (C=O) groups is 2. The highest BCUT2D eigenvalue weighted by Crippen LogP contribution is 2.19. The van der Waals surface area contributed by atoms with Crippen LogP contribution in [0.3, 0.4) is 0 Å². The first-order chi connectivity index (χ1) is 18.4. The molecule has 0 saturated carbocycles. The number of Topliss-reactive ketones (excluding diaryl/α,β-unsaturated/α-hetero) is 1. The van der Waals surface area contributed by atoms with E-state index in [-0.39, 0.29) is 30.1 Å². The maximum Gasteiger partial charge on any atom is 0.224 e. The molecule has 0 heterocycles. The number of ether oxygens (including phenoxy) is 1. The summed E-state index contributed by atoms with van der Waals surface area (Å²) in [5.41, 5.74) is 1.95. The van der Waals surface area contributed by atoms with Crippen molar-refractivity contribution in [2.45, 2.75) is 71.5 Å². The molecule has 2 rings (SSSR count). The van der Waals surface area contributed by atoms with Crippen LogP contribution in [0.1, 0.15) is 51.7 Å². The number of nitrogens with one attached hydrogen (secondary N) is 2. The molecule has 2 N–H and O–H groups in total. The van der Waals surface area contributed by atoms with Crippen LogP contribution in [0.4, 0.5) is 0 Å². The zero-order valence-electron chi connectivity index (χ0n) is 24.0. The summed E-state index contributed by atoms with van der Waals surface area (Å²) in [7, 11) is -1.72. The Labute approximate surface area is 234 Å². The molecule has 0 unspecified atom stereocenters. The second-order valence-corrected chi connectivity index (χ2v) is 12.8. The minimum atomic E-state index is -3.34. The Morgan fingerprint density at radius 3 is 2.08 bits per heavy atom. The topological polar surface area (TPSA) is 102 Å². The van der Waals surface area contributed by atoms with Gasteiger partial charge in [-0.25, -0.2) is 8.42 Å². The number of amides is 1. The van der Waals surface area contributed by atoms with E-state index in [2.05, 4.69) is 10.6 Å². The van der Waals surface area contributed by atoms with Gasteiger partial charge in [0.05, 0.1) is 13.2 Å². The third-order valence-corrected chi connectivity index (χ3v) is 6.93. The Hall–Kier alpha value is -2.97. The highest BCUT2D eigenvalue weighted by molar-refractivity contribution is 7.93. The molecular formula is C31H44N2O5S. The maximum atomic E-state index is 13.7. The van der Waals surface area contributed by atoms with Crippen LogP contribution in [0.5, 0.6) is 5.75 Å². The van der Waals surface area contributed by atoms with E-state index in [1.807, 2.05) is 82.3 Å². The third kappa shape index (κ3) is 12.6. The van der Waals surface area contributed by atoms with Crippen LogP contribution in [0.2, 0.25) is 0 Å². The first kappa shape index (κ1) is 32.2. The first-order valence-corrected chi connectivity index (χ1v) is 15.5. The van der Waals surface area contributed by atoms with Crippen molar-refractivity contribution >= 4 is 21.5 Å². The lowest BCUT2D eigenvalue weighted by Crippen LogP contribution is -2.45. The number of benzene rings is 2. The predicted molar refractivity (Wildman–Crippen MR) is 157 cm³/mol. The van der Waals surface area contributed by atoms with Crippen molar-refractivity contribution in [3.05, 3.63) is 77.2 Å². The number of ketones is 1. The van der Waals surface area contributed by atoms with Crippen LogP contribution in [0.25, 0.3) is 0 Å². The third-order valence-electron chi connectivity index (χ3n) is 6.28. The van der Waals surface area contributed by atoms with E-state index in [9.17, 15) is 18.0 Å². The van der Waals surface area contributed by atoms with E-state index < -0.39 is 27.8 Å². The number of hydrogen-bond donors (Lipinski definition) is 2. The van der Waals surface area contributed by atoms with E-state index in [1.165, 1.54) is 6.08 Å². The molecule has 0 aliphatic rings. The van der Waals surface area contributed by atoms with Gasteiger partial charge < -0.3 is 15.4 Å². The molecule has 0 fully saturated rings.